The van der Waals surface area contributed by atoms with Gasteiger partial charge in [0, 0.05) is 0 Å². The van der Waals surface area contributed by atoms with Gasteiger partial charge >= 0.3 is 5.97 Å². The molecule has 0 aliphatic rings. The van der Waals surface area contributed by atoms with E-state index in [0.29, 0.717) is 0 Å². The Hall–Kier alpha value is -0.830. The average Bonchev–Trinajstić information content (AvgIpc) is 2.16. The zero-order valence-corrected chi connectivity index (χ0v) is 9.45. The minimum atomic E-state index is -0.145. The first-order valence-corrected chi connectivity index (χ1v) is 4.98. The van der Waals surface area contributed by atoms with Crippen molar-refractivity contribution in [3.63, 3.8) is 0 Å². The molecule has 0 radical (unpaired) electrons. The summed E-state index contributed by atoms with van der Waals surface area (Å²) in [5.41, 5.74) is 0. The van der Waals surface area contributed by atoms with Gasteiger partial charge in [0.25, 0.3) is 0 Å². The van der Waals surface area contributed by atoms with Crippen LogP contribution in [-0.2, 0) is 9.53 Å². The van der Waals surface area contributed by atoms with Crippen LogP contribution in [0.5, 0.6) is 0 Å². The van der Waals surface area contributed by atoms with E-state index in [0.717, 1.165) is 25.7 Å². The summed E-state index contributed by atoms with van der Waals surface area (Å²) in [7, 11) is 5.23. The van der Waals surface area contributed by atoms with E-state index < -0.39 is 0 Å². The molecule has 0 bridgehead atoms. The van der Waals surface area contributed by atoms with Crippen LogP contribution < -0.4 is 0 Å². The Morgan fingerprint density at radius 1 is 1.50 bits per heavy atom. The Kier molecular flexibility index (Phi) is 7.11. The van der Waals surface area contributed by atoms with E-state index in [4.69, 9.17) is 4.74 Å². The number of likely N-dealkylation sites (N-methyl/N-ethyl adjacent to an activating group) is 1. The molecule has 0 aromatic carbocycles. The predicted octanol–water partition coefficient (Wildman–Crippen LogP) is 1.84. The van der Waals surface area contributed by atoms with Gasteiger partial charge in [0.1, 0.15) is 6.04 Å². The van der Waals surface area contributed by atoms with Gasteiger partial charge in [-0.05, 0) is 33.4 Å². The van der Waals surface area contributed by atoms with Crippen molar-refractivity contribution in [2.24, 2.45) is 0 Å². The number of ether oxygens (including phenoxy) is 1. The van der Waals surface area contributed by atoms with Crippen molar-refractivity contribution in [1.82, 2.24) is 4.90 Å². The quantitative estimate of drug-likeness (QED) is 0.356. The van der Waals surface area contributed by atoms with Gasteiger partial charge < -0.3 is 4.74 Å². The number of hydrogen-bond donors (Lipinski definition) is 0. The molecule has 82 valence electrons. The van der Waals surface area contributed by atoms with Gasteiger partial charge in [-0.1, -0.05) is 12.5 Å². The monoisotopic (exact) mass is 199 g/mol. The molecule has 0 unspecified atom stereocenters. The highest BCUT2D eigenvalue weighted by Gasteiger charge is 2.20. The van der Waals surface area contributed by atoms with Crippen LogP contribution in [0.25, 0.3) is 0 Å². The zero-order valence-electron chi connectivity index (χ0n) is 9.45. The largest absolute Gasteiger partial charge is 0.468 e. The lowest BCUT2D eigenvalue weighted by Gasteiger charge is -2.21. The fraction of sp³-hybridized carbons (Fsp3) is 0.727. The molecule has 0 aromatic heterocycles. The second kappa shape index (κ2) is 7.56. The van der Waals surface area contributed by atoms with Crippen LogP contribution in [0.3, 0.4) is 0 Å². The summed E-state index contributed by atoms with van der Waals surface area (Å²) in [4.78, 5) is 13.2. The molecular formula is C11H21NO2. The third-order valence-corrected chi connectivity index (χ3v) is 2.23. The zero-order chi connectivity index (χ0) is 11.0. The molecule has 0 heterocycles. The molecule has 0 fully saturated rings. The smallest absolute Gasteiger partial charge is 0.323 e. The van der Waals surface area contributed by atoms with Crippen molar-refractivity contribution in [2.45, 2.75) is 31.7 Å². The number of nitrogens with zero attached hydrogens (tertiary/aromatic N) is 1. The van der Waals surface area contributed by atoms with Crippen molar-refractivity contribution in [3.8, 4) is 0 Å². The van der Waals surface area contributed by atoms with Crippen molar-refractivity contribution in [1.29, 1.82) is 0 Å². The normalized spacial score (nSPS) is 12.6. The Labute approximate surface area is 86.7 Å². The number of esters is 1. The fourth-order valence-corrected chi connectivity index (χ4v) is 1.35. The molecule has 14 heavy (non-hydrogen) atoms. The molecule has 0 saturated carbocycles. The average molecular weight is 199 g/mol. The van der Waals surface area contributed by atoms with Crippen LogP contribution in [-0.4, -0.2) is 38.1 Å². The van der Waals surface area contributed by atoms with Crippen molar-refractivity contribution < 1.29 is 9.53 Å². The third kappa shape index (κ3) is 5.02. The van der Waals surface area contributed by atoms with Gasteiger partial charge in [-0.2, -0.15) is 0 Å². The number of carbonyl (C=O) groups is 1. The Bertz CT molecular complexity index is 178. The van der Waals surface area contributed by atoms with Gasteiger partial charge in [-0.25, -0.2) is 0 Å². The SMILES string of the molecule is C=CCCCC[C@H](C(=O)OC)N(C)C. The number of carbonyl (C=O) groups excluding carboxylic acids is 1. The highest BCUT2D eigenvalue weighted by Crippen LogP contribution is 2.09. The van der Waals surface area contributed by atoms with E-state index >= 15 is 0 Å². The van der Waals surface area contributed by atoms with Crippen LogP contribution in [0.2, 0.25) is 0 Å². The van der Waals surface area contributed by atoms with Crippen molar-refractivity contribution >= 4 is 5.97 Å². The van der Waals surface area contributed by atoms with E-state index in [9.17, 15) is 4.79 Å². The molecule has 0 saturated heterocycles. The highest BCUT2D eigenvalue weighted by atomic mass is 16.5. The molecule has 0 spiro atoms. The van der Waals surface area contributed by atoms with E-state index in [1.165, 1.54) is 7.11 Å². The highest BCUT2D eigenvalue weighted by molar-refractivity contribution is 5.75. The third-order valence-electron chi connectivity index (χ3n) is 2.23. The molecule has 0 rings (SSSR count). The molecule has 0 aliphatic heterocycles. The van der Waals surface area contributed by atoms with Gasteiger partial charge in [-0.3, -0.25) is 9.69 Å². The van der Waals surface area contributed by atoms with Crippen LogP contribution in [0, 0.1) is 0 Å². The van der Waals surface area contributed by atoms with Crippen molar-refractivity contribution in [2.75, 3.05) is 21.2 Å². The molecule has 1 atom stereocenters. The molecule has 0 N–H and O–H groups in total. The molecule has 0 aromatic rings. The standard InChI is InChI=1S/C11H21NO2/c1-5-6-7-8-9-10(12(2)3)11(13)14-4/h5,10H,1,6-9H2,2-4H3/t10-/m1/s1. The van der Waals surface area contributed by atoms with Crippen LogP contribution >= 0.6 is 0 Å². The maximum atomic E-state index is 11.3. The number of hydrogen-bond acceptors (Lipinski definition) is 3. The van der Waals surface area contributed by atoms with Gasteiger partial charge in [0.2, 0.25) is 0 Å². The number of allylic oxidation sites excluding steroid dienone is 1. The van der Waals surface area contributed by atoms with Gasteiger partial charge in [-0.15, -0.1) is 6.58 Å². The first kappa shape index (κ1) is 13.2. The summed E-state index contributed by atoms with van der Waals surface area (Å²) in [5.74, 6) is -0.145. The lowest BCUT2D eigenvalue weighted by molar-refractivity contribution is -0.146. The van der Waals surface area contributed by atoms with Crippen LogP contribution in [0.1, 0.15) is 25.7 Å². The molecule has 3 nitrogen and oxygen atoms in total. The second-order valence-electron chi connectivity index (χ2n) is 3.58. The fourth-order valence-electron chi connectivity index (χ4n) is 1.35. The van der Waals surface area contributed by atoms with Crippen molar-refractivity contribution in [3.05, 3.63) is 12.7 Å². The molecule has 0 amide bonds. The van der Waals surface area contributed by atoms with Crippen LogP contribution in [0.4, 0.5) is 0 Å². The predicted molar refractivity (Wildman–Crippen MR) is 58.2 cm³/mol. The van der Waals surface area contributed by atoms with E-state index in [1.54, 1.807) is 0 Å². The topological polar surface area (TPSA) is 29.5 Å². The Morgan fingerprint density at radius 2 is 2.14 bits per heavy atom. The first-order chi connectivity index (χ1) is 6.63. The summed E-state index contributed by atoms with van der Waals surface area (Å²) in [5, 5.41) is 0. The van der Waals surface area contributed by atoms with Gasteiger partial charge in [0.15, 0.2) is 0 Å². The van der Waals surface area contributed by atoms with E-state index in [2.05, 4.69) is 6.58 Å². The Balaban J connectivity index is 3.85. The minimum Gasteiger partial charge on any atom is -0.468 e. The Morgan fingerprint density at radius 3 is 2.57 bits per heavy atom. The number of unbranched alkanes of at least 4 members (excludes halogenated alkanes) is 2. The first-order valence-electron chi connectivity index (χ1n) is 4.98. The summed E-state index contributed by atoms with van der Waals surface area (Å²) in [6.07, 6.45) is 5.90. The summed E-state index contributed by atoms with van der Waals surface area (Å²) >= 11 is 0. The summed E-state index contributed by atoms with van der Waals surface area (Å²) in [6, 6.07) is -0.107. The molecule has 0 aliphatic carbocycles. The minimum absolute atomic E-state index is 0.107. The van der Waals surface area contributed by atoms with E-state index in [1.807, 2.05) is 25.1 Å². The molecular weight excluding hydrogens is 178 g/mol. The van der Waals surface area contributed by atoms with E-state index in [-0.39, 0.29) is 12.0 Å². The lowest BCUT2D eigenvalue weighted by atomic mass is 10.1. The second-order valence-corrected chi connectivity index (χ2v) is 3.58. The maximum Gasteiger partial charge on any atom is 0.323 e. The summed E-state index contributed by atoms with van der Waals surface area (Å²) in [6.45, 7) is 3.66. The van der Waals surface area contributed by atoms with Gasteiger partial charge in [0.05, 0.1) is 7.11 Å². The lowest BCUT2D eigenvalue weighted by Crippen LogP contribution is -2.36. The molecule has 3 heteroatoms. The van der Waals surface area contributed by atoms with Crippen LogP contribution in [0.15, 0.2) is 12.7 Å². The maximum absolute atomic E-state index is 11.3. The number of methoxy groups -OCH3 is 1. The summed E-state index contributed by atoms with van der Waals surface area (Å²) < 4.78 is 4.73. The number of rotatable bonds is 7.